The second-order valence-corrected chi connectivity index (χ2v) is 4.05. The molecule has 0 amide bonds. The summed E-state index contributed by atoms with van der Waals surface area (Å²) in [7, 11) is 0. The van der Waals surface area contributed by atoms with Gasteiger partial charge in [-0.1, -0.05) is 6.07 Å². The van der Waals surface area contributed by atoms with Gasteiger partial charge in [-0.3, -0.25) is 16.0 Å². The average Bonchev–Trinajstić information content (AvgIpc) is 2.88. The predicted molar refractivity (Wildman–Crippen MR) is 71.7 cm³/mol. The summed E-state index contributed by atoms with van der Waals surface area (Å²) < 4.78 is 1.45. The summed E-state index contributed by atoms with van der Waals surface area (Å²) in [6, 6.07) is 8.16. The van der Waals surface area contributed by atoms with Gasteiger partial charge >= 0.3 is 0 Å². The largest absolute Gasteiger partial charge is 0.318 e. The fourth-order valence-electron chi connectivity index (χ4n) is 1.85. The van der Waals surface area contributed by atoms with E-state index >= 15 is 0 Å². The number of nitrogens with zero attached hydrogens (tertiary/aromatic N) is 5. The molecule has 104 valence electrons. The molecule has 0 atom stereocenters. The van der Waals surface area contributed by atoms with Crippen molar-refractivity contribution in [3.8, 4) is 12.1 Å². The fraction of sp³-hybridized carbons (Fsp3) is 0.0833. The Balaban J connectivity index is 2.40. The maximum absolute atomic E-state index is 11.0. The molecule has 9 heteroatoms. The Morgan fingerprint density at radius 2 is 2.19 bits per heavy atom. The molecule has 2 aromatic rings. The number of aromatic nitrogens is 2. The van der Waals surface area contributed by atoms with Gasteiger partial charge in [-0.2, -0.15) is 10.5 Å². The number of hydrogen-bond donors (Lipinski definition) is 2. The Bertz CT molecular complexity index is 782. The van der Waals surface area contributed by atoms with Gasteiger partial charge in [0.05, 0.1) is 17.8 Å². The van der Waals surface area contributed by atoms with Crippen molar-refractivity contribution in [2.75, 3.05) is 5.43 Å². The Labute approximate surface area is 119 Å². The van der Waals surface area contributed by atoms with E-state index in [0.717, 1.165) is 0 Å². The first-order valence-electron chi connectivity index (χ1n) is 5.70. The third-order valence-electron chi connectivity index (χ3n) is 2.82. The van der Waals surface area contributed by atoms with Crippen LogP contribution in [-0.2, 0) is 6.54 Å². The van der Waals surface area contributed by atoms with Crippen LogP contribution in [0.15, 0.2) is 24.5 Å². The molecule has 0 saturated carbocycles. The molecule has 2 rings (SSSR count). The zero-order chi connectivity index (χ0) is 15.4. The van der Waals surface area contributed by atoms with E-state index in [1.165, 1.54) is 23.0 Å². The Morgan fingerprint density at radius 3 is 2.76 bits per heavy atom. The summed E-state index contributed by atoms with van der Waals surface area (Å²) in [6.07, 6.45) is 1.35. The lowest BCUT2D eigenvalue weighted by molar-refractivity contribution is -0.384. The minimum Gasteiger partial charge on any atom is -0.318 e. The summed E-state index contributed by atoms with van der Waals surface area (Å²) in [6.45, 7) is 0.184. The topological polar surface area (TPSA) is 147 Å². The summed E-state index contributed by atoms with van der Waals surface area (Å²) in [4.78, 5) is 14.2. The number of nitrogen functional groups attached to an aromatic ring is 1. The minimum atomic E-state index is -0.557. The van der Waals surface area contributed by atoms with Crippen LogP contribution >= 0.6 is 0 Å². The van der Waals surface area contributed by atoms with Gasteiger partial charge in [0.15, 0.2) is 11.4 Å². The van der Waals surface area contributed by atoms with E-state index in [-0.39, 0.29) is 29.3 Å². The number of nitriles is 2. The van der Waals surface area contributed by atoms with Gasteiger partial charge < -0.3 is 9.99 Å². The van der Waals surface area contributed by atoms with Crippen molar-refractivity contribution in [3.05, 3.63) is 51.6 Å². The van der Waals surface area contributed by atoms with Crippen LogP contribution in [0.2, 0.25) is 0 Å². The summed E-state index contributed by atoms with van der Waals surface area (Å²) in [5, 5.41) is 28.8. The quantitative estimate of drug-likeness (QED) is 0.480. The summed E-state index contributed by atoms with van der Waals surface area (Å²) in [5.41, 5.74) is 2.98. The number of anilines is 1. The number of imidazole rings is 1. The van der Waals surface area contributed by atoms with E-state index in [4.69, 9.17) is 16.4 Å². The number of hydrogen-bond acceptors (Lipinski definition) is 7. The first-order chi connectivity index (χ1) is 10.1. The highest BCUT2D eigenvalue weighted by molar-refractivity contribution is 5.61. The van der Waals surface area contributed by atoms with Crippen LogP contribution in [-0.4, -0.2) is 14.5 Å². The van der Waals surface area contributed by atoms with Crippen LogP contribution in [0.5, 0.6) is 0 Å². The van der Waals surface area contributed by atoms with E-state index in [9.17, 15) is 10.1 Å². The molecule has 0 spiro atoms. The SMILES string of the molecule is N#Cc1ncn(Cc2ccc(NN)c([N+](=O)[O-])c2)c1C#N. The molecule has 0 bridgehead atoms. The van der Waals surface area contributed by atoms with Crippen LogP contribution in [0.25, 0.3) is 0 Å². The molecule has 1 aromatic heterocycles. The molecule has 9 nitrogen and oxygen atoms in total. The maximum atomic E-state index is 11.0. The highest BCUT2D eigenvalue weighted by atomic mass is 16.6. The van der Waals surface area contributed by atoms with Crippen molar-refractivity contribution in [1.29, 1.82) is 10.5 Å². The Kier molecular flexibility index (Phi) is 3.79. The number of nitrogens with two attached hydrogens (primary N) is 1. The third-order valence-corrected chi connectivity index (χ3v) is 2.82. The summed E-state index contributed by atoms with van der Waals surface area (Å²) in [5.74, 6) is 5.21. The highest BCUT2D eigenvalue weighted by Crippen LogP contribution is 2.25. The number of nitro groups is 1. The Morgan fingerprint density at radius 1 is 1.43 bits per heavy atom. The number of nitrogens with one attached hydrogen (secondary N) is 1. The molecule has 0 aliphatic heterocycles. The first-order valence-corrected chi connectivity index (χ1v) is 5.70. The molecule has 0 aliphatic carbocycles. The number of rotatable bonds is 4. The number of benzene rings is 1. The molecule has 1 aromatic carbocycles. The van der Waals surface area contributed by atoms with Crippen molar-refractivity contribution in [2.45, 2.75) is 6.54 Å². The molecule has 21 heavy (non-hydrogen) atoms. The van der Waals surface area contributed by atoms with Crippen molar-refractivity contribution < 1.29 is 4.92 Å². The van der Waals surface area contributed by atoms with Gasteiger partial charge in [-0.15, -0.1) is 0 Å². The third kappa shape index (κ3) is 2.63. The van der Waals surface area contributed by atoms with Crippen molar-refractivity contribution >= 4 is 11.4 Å². The molecule has 3 N–H and O–H groups in total. The second kappa shape index (κ2) is 5.69. The Hall–Kier alpha value is -3.43. The molecular formula is C12H9N7O2. The number of nitro benzene ring substituents is 1. The van der Waals surface area contributed by atoms with Crippen LogP contribution in [0.4, 0.5) is 11.4 Å². The average molecular weight is 283 g/mol. The summed E-state index contributed by atoms with van der Waals surface area (Å²) >= 11 is 0. The zero-order valence-corrected chi connectivity index (χ0v) is 10.6. The molecule has 0 radical (unpaired) electrons. The number of hydrazine groups is 1. The van der Waals surface area contributed by atoms with Gasteiger partial charge in [-0.25, -0.2) is 4.98 Å². The van der Waals surface area contributed by atoms with E-state index in [2.05, 4.69) is 10.4 Å². The normalized spacial score (nSPS) is 9.67. The van der Waals surface area contributed by atoms with Gasteiger partial charge in [0.2, 0.25) is 0 Å². The smallest absolute Gasteiger partial charge is 0.293 e. The molecule has 0 aliphatic rings. The van der Waals surface area contributed by atoms with E-state index in [1.54, 1.807) is 6.07 Å². The second-order valence-electron chi connectivity index (χ2n) is 4.05. The van der Waals surface area contributed by atoms with Crippen molar-refractivity contribution in [2.24, 2.45) is 5.84 Å². The van der Waals surface area contributed by atoms with Crippen LogP contribution in [0.1, 0.15) is 17.0 Å². The zero-order valence-electron chi connectivity index (χ0n) is 10.6. The molecular weight excluding hydrogens is 274 g/mol. The lowest BCUT2D eigenvalue weighted by Gasteiger charge is -2.06. The lowest BCUT2D eigenvalue weighted by Crippen LogP contribution is -2.10. The van der Waals surface area contributed by atoms with E-state index < -0.39 is 4.92 Å². The highest BCUT2D eigenvalue weighted by Gasteiger charge is 2.15. The van der Waals surface area contributed by atoms with E-state index in [0.29, 0.717) is 5.56 Å². The van der Waals surface area contributed by atoms with Gasteiger partial charge in [-0.05, 0) is 11.6 Å². The predicted octanol–water partition coefficient (Wildman–Crippen LogP) is 0.869. The molecule has 1 heterocycles. The van der Waals surface area contributed by atoms with E-state index in [1.807, 2.05) is 12.1 Å². The lowest BCUT2D eigenvalue weighted by atomic mass is 10.1. The minimum absolute atomic E-state index is 0.0206. The monoisotopic (exact) mass is 283 g/mol. The standard InChI is InChI=1S/C12H9N7O2/c13-4-10-12(5-14)18(7-16-10)6-8-1-2-9(17-15)11(3-8)19(20)21/h1-3,7,17H,6,15H2. The van der Waals surface area contributed by atoms with Crippen molar-refractivity contribution in [3.63, 3.8) is 0 Å². The van der Waals surface area contributed by atoms with Gasteiger partial charge in [0.1, 0.15) is 17.8 Å². The van der Waals surface area contributed by atoms with Crippen LogP contribution in [0, 0.1) is 32.8 Å². The maximum Gasteiger partial charge on any atom is 0.293 e. The molecule has 0 unspecified atom stereocenters. The van der Waals surface area contributed by atoms with Gasteiger partial charge in [0.25, 0.3) is 5.69 Å². The molecule has 0 saturated heterocycles. The fourth-order valence-corrected chi connectivity index (χ4v) is 1.85. The molecule has 0 fully saturated rings. The first kappa shape index (κ1) is 14.0. The van der Waals surface area contributed by atoms with Crippen LogP contribution in [0.3, 0.4) is 0 Å². The van der Waals surface area contributed by atoms with Crippen LogP contribution < -0.4 is 11.3 Å². The van der Waals surface area contributed by atoms with Gasteiger partial charge in [0, 0.05) is 6.07 Å². The van der Waals surface area contributed by atoms with Crippen molar-refractivity contribution in [1.82, 2.24) is 9.55 Å².